The number of rotatable bonds is 2. The van der Waals surface area contributed by atoms with Crippen molar-refractivity contribution in [1.29, 1.82) is 0 Å². The Morgan fingerprint density at radius 1 is 1.67 bits per heavy atom. The molecular weight excluding hydrogens is 264 g/mol. The quantitative estimate of drug-likeness (QED) is 0.575. The van der Waals surface area contributed by atoms with Gasteiger partial charge in [-0.3, -0.25) is 14.3 Å². The zero-order chi connectivity index (χ0) is 13.6. The molecule has 8 heteroatoms. The highest BCUT2D eigenvalue weighted by Crippen LogP contribution is 2.40. The third-order valence-electron chi connectivity index (χ3n) is 3.14. The highest BCUT2D eigenvalue weighted by molar-refractivity contribution is 6.22. The first-order valence-corrected chi connectivity index (χ1v) is 5.65. The number of hydrogen-bond donors (Lipinski definition) is 3. The number of H-pyrrole nitrogens is 1. The van der Waals surface area contributed by atoms with E-state index in [1.54, 1.807) is 0 Å². The molecule has 1 aromatic heterocycles. The molecule has 3 atom stereocenters. The van der Waals surface area contributed by atoms with E-state index in [0.29, 0.717) is 0 Å². The van der Waals surface area contributed by atoms with Gasteiger partial charge in [-0.2, -0.15) is 0 Å². The standard InChI is InChI=1S/C10H13ClN2O5/c1-9(4-14)7(16)10(11,5-18-9)13-3-2-6(15)12-8(13)17/h2-3,7,14,16H,4-5H2,1H3,(H,12,15,17)/t7-,9-,10-/m1/s1. The van der Waals surface area contributed by atoms with Crippen molar-refractivity contribution in [1.82, 2.24) is 9.55 Å². The molecule has 1 fully saturated rings. The number of ether oxygens (including phenoxy) is 1. The van der Waals surface area contributed by atoms with Gasteiger partial charge in [-0.15, -0.1) is 0 Å². The van der Waals surface area contributed by atoms with Gasteiger partial charge >= 0.3 is 5.69 Å². The van der Waals surface area contributed by atoms with Crippen molar-refractivity contribution < 1.29 is 14.9 Å². The fourth-order valence-electron chi connectivity index (χ4n) is 1.94. The van der Waals surface area contributed by atoms with Crippen molar-refractivity contribution >= 4 is 11.6 Å². The number of hydrogen-bond acceptors (Lipinski definition) is 5. The summed E-state index contributed by atoms with van der Waals surface area (Å²) in [5.41, 5.74) is -2.56. The first kappa shape index (κ1) is 13.3. The Bertz CT molecular complexity index is 570. The van der Waals surface area contributed by atoms with Crippen LogP contribution in [0, 0.1) is 0 Å². The van der Waals surface area contributed by atoms with Crippen LogP contribution in [0.5, 0.6) is 0 Å². The molecule has 0 bridgehead atoms. The van der Waals surface area contributed by atoms with Crippen LogP contribution in [-0.2, 0) is 9.73 Å². The number of aromatic nitrogens is 2. The van der Waals surface area contributed by atoms with Gasteiger partial charge in [0.2, 0.25) is 0 Å². The van der Waals surface area contributed by atoms with Crippen LogP contribution < -0.4 is 11.2 Å². The molecule has 1 saturated heterocycles. The number of nitrogens with one attached hydrogen (secondary N) is 1. The zero-order valence-electron chi connectivity index (χ0n) is 9.59. The maximum absolute atomic E-state index is 11.7. The molecule has 1 aliphatic heterocycles. The van der Waals surface area contributed by atoms with Crippen LogP contribution in [0.3, 0.4) is 0 Å². The molecule has 0 radical (unpaired) electrons. The second-order valence-electron chi connectivity index (χ2n) is 4.46. The Labute approximate surface area is 107 Å². The van der Waals surface area contributed by atoms with E-state index in [2.05, 4.69) is 0 Å². The van der Waals surface area contributed by atoms with Gasteiger partial charge in [0.05, 0.1) is 13.2 Å². The van der Waals surface area contributed by atoms with Crippen molar-refractivity contribution in [3.05, 3.63) is 33.1 Å². The molecular formula is C10H13ClN2O5. The summed E-state index contributed by atoms with van der Waals surface area (Å²) in [6, 6.07) is 1.12. The smallest absolute Gasteiger partial charge is 0.329 e. The monoisotopic (exact) mass is 276 g/mol. The first-order valence-electron chi connectivity index (χ1n) is 5.28. The zero-order valence-corrected chi connectivity index (χ0v) is 10.3. The maximum atomic E-state index is 11.7. The van der Waals surface area contributed by atoms with Crippen LogP contribution in [0.1, 0.15) is 6.92 Å². The minimum atomic E-state index is -1.56. The highest BCUT2D eigenvalue weighted by Gasteiger charge is 2.56. The minimum Gasteiger partial charge on any atom is -0.393 e. The Morgan fingerprint density at radius 3 is 2.83 bits per heavy atom. The van der Waals surface area contributed by atoms with Crippen LogP contribution in [0.15, 0.2) is 21.9 Å². The van der Waals surface area contributed by atoms with Crippen molar-refractivity contribution in [2.24, 2.45) is 0 Å². The average Bonchev–Trinajstić information content (AvgIpc) is 2.56. The third kappa shape index (κ3) is 1.79. The fourth-order valence-corrected chi connectivity index (χ4v) is 2.35. The molecule has 0 amide bonds. The minimum absolute atomic E-state index is 0.168. The Morgan fingerprint density at radius 2 is 2.33 bits per heavy atom. The Hall–Kier alpha value is -1.15. The molecule has 1 aromatic rings. The summed E-state index contributed by atoms with van der Waals surface area (Å²) >= 11 is 6.22. The van der Waals surface area contributed by atoms with Crippen LogP contribution in [0.25, 0.3) is 0 Å². The van der Waals surface area contributed by atoms with E-state index < -0.39 is 34.6 Å². The molecule has 7 nitrogen and oxygen atoms in total. The third-order valence-corrected chi connectivity index (χ3v) is 3.64. The summed E-state index contributed by atoms with van der Waals surface area (Å²) in [5.74, 6) is 0. The molecule has 0 spiro atoms. The lowest BCUT2D eigenvalue weighted by molar-refractivity contribution is -0.0793. The maximum Gasteiger partial charge on any atom is 0.329 e. The summed E-state index contributed by atoms with van der Waals surface area (Å²) in [4.78, 5) is 23.1. The van der Waals surface area contributed by atoms with Crippen LogP contribution in [0.2, 0.25) is 0 Å². The van der Waals surface area contributed by atoms with Gasteiger partial charge in [-0.25, -0.2) is 4.79 Å². The van der Waals surface area contributed by atoms with Crippen LogP contribution in [0.4, 0.5) is 0 Å². The van der Waals surface area contributed by atoms with Crippen LogP contribution in [-0.4, -0.2) is 44.7 Å². The van der Waals surface area contributed by atoms with Crippen LogP contribution >= 0.6 is 11.6 Å². The molecule has 100 valence electrons. The Balaban J connectivity index is 2.51. The topological polar surface area (TPSA) is 105 Å². The predicted octanol–water partition coefficient (Wildman–Crippen LogP) is -1.43. The summed E-state index contributed by atoms with van der Waals surface area (Å²) in [5, 5.41) is 19.3. The SMILES string of the molecule is C[C@]1(CO)OC[C@@](Cl)(n2ccc(=O)[nH]c2=O)[C@@H]1O. The molecule has 3 N–H and O–H groups in total. The number of nitrogens with zero attached hydrogens (tertiary/aromatic N) is 1. The van der Waals surface area contributed by atoms with Gasteiger partial charge < -0.3 is 14.9 Å². The summed E-state index contributed by atoms with van der Waals surface area (Å²) in [6.07, 6.45) is -0.121. The van der Waals surface area contributed by atoms with Gasteiger partial charge in [0, 0.05) is 12.3 Å². The average molecular weight is 277 g/mol. The molecule has 18 heavy (non-hydrogen) atoms. The number of aliphatic hydroxyl groups excluding tert-OH is 2. The normalized spacial score (nSPS) is 35.9. The van der Waals surface area contributed by atoms with Gasteiger partial charge in [0.1, 0.15) is 11.7 Å². The van der Waals surface area contributed by atoms with Crippen molar-refractivity contribution in [3.63, 3.8) is 0 Å². The lowest BCUT2D eigenvalue weighted by Crippen LogP contribution is -2.52. The van der Waals surface area contributed by atoms with E-state index >= 15 is 0 Å². The number of aliphatic hydroxyl groups is 2. The van der Waals surface area contributed by atoms with Gasteiger partial charge in [-0.05, 0) is 6.92 Å². The summed E-state index contributed by atoms with van der Waals surface area (Å²) < 4.78 is 6.26. The molecule has 0 unspecified atom stereocenters. The van der Waals surface area contributed by atoms with Crippen molar-refractivity contribution in [2.45, 2.75) is 23.6 Å². The van der Waals surface area contributed by atoms with Crippen molar-refractivity contribution in [2.75, 3.05) is 13.2 Å². The molecule has 2 rings (SSSR count). The largest absolute Gasteiger partial charge is 0.393 e. The van der Waals surface area contributed by atoms with Gasteiger partial charge in [-0.1, -0.05) is 11.6 Å². The molecule has 0 aromatic carbocycles. The lowest BCUT2D eigenvalue weighted by Gasteiger charge is -2.31. The van der Waals surface area contributed by atoms with E-state index in [-0.39, 0.29) is 6.61 Å². The second-order valence-corrected chi connectivity index (χ2v) is 5.12. The van der Waals surface area contributed by atoms with Gasteiger partial charge in [0.15, 0.2) is 5.00 Å². The molecule has 2 heterocycles. The predicted molar refractivity (Wildman–Crippen MR) is 62.6 cm³/mol. The molecule has 0 aliphatic carbocycles. The summed E-state index contributed by atoms with van der Waals surface area (Å²) in [6.45, 7) is 0.873. The molecule has 0 saturated carbocycles. The lowest BCUT2D eigenvalue weighted by atomic mass is 9.97. The highest BCUT2D eigenvalue weighted by atomic mass is 35.5. The second kappa shape index (κ2) is 4.20. The van der Waals surface area contributed by atoms with E-state index in [9.17, 15) is 19.8 Å². The van der Waals surface area contributed by atoms with Crippen molar-refractivity contribution in [3.8, 4) is 0 Å². The Kier molecular flexibility index (Phi) is 3.10. The first-order chi connectivity index (χ1) is 8.33. The van der Waals surface area contributed by atoms with E-state index in [1.165, 1.54) is 13.1 Å². The summed E-state index contributed by atoms with van der Waals surface area (Å²) in [7, 11) is 0. The van der Waals surface area contributed by atoms with E-state index in [4.69, 9.17) is 16.3 Å². The van der Waals surface area contributed by atoms with Gasteiger partial charge in [0.25, 0.3) is 5.56 Å². The number of halogens is 1. The van der Waals surface area contributed by atoms with E-state index in [0.717, 1.165) is 10.6 Å². The number of alkyl halides is 1. The molecule has 1 aliphatic rings. The fraction of sp³-hybridized carbons (Fsp3) is 0.600. The number of aromatic amines is 1. The van der Waals surface area contributed by atoms with E-state index in [1.807, 2.05) is 4.98 Å².